The minimum absolute atomic E-state index is 0.196. The van der Waals surface area contributed by atoms with E-state index in [2.05, 4.69) is 19.1 Å². The number of hydrogen-bond acceptors (Lipinski definition) is 3. The quantitative estimate of drug-likeness (QED) is 0.349. The zero-order chi connectivity index (χ0) is 19.6. The van der Waals surface area contributed by atoms with Crippen LogP contribution in [0.25, 0.3) is 0 Å². The highest BCUT2D eigenvalue weighted by atomic mass is 16.4. The molecule has 0 aromatic rings. The van der Waals surface area contributed by atoms with Gasteiger partial charge >= 0.3 is 5.97 Å². The second kappa shape index (κ2) is 11.5. The Hall–Kier alpha value is -1.16. The van der Waals surface area contributed by atoms with E-state index >= 15 is 0 Å². The van der Waals surface area contributed by atoms with Crippen molar-refractivity contribution in [2.45, 2.75) is 97.5 Å². The molecule has 150 valence electrons. The third-order valence-electron chi connectivity index (χ3n) is 5.87. The van der Waals surface area contributed by atoms with E-state index in [9.17, 15) is 14.7 Å². The molecular formula is C22H38O4. The maximum absolute atomic E-state index is 12.2. The molecule has 1 aliphatic rings. The van der Waals surface area contributed by atoms with Gasteiger partial charge in [-0.05, 0) is 50.9 Å². The predicted molar refractivity (Wildman–Crippen MR) is 105 cm³/mol. The average molecular weight is 367 g/mol. The average Bonchev–Trinajstić information content (AvgIpc) is 2.94. The molecule has 4 nitrogen and oxygen atoms in total. The van der Waals surface area contributed by atoms with E-state index in [1.54, 1.807) is 13.8 Å². The summed E-state index contributed by atoms with van der Waals surface area (Å²) in [6, 6.07) is 0. The van der Waals surface area contributed by atoms with Gasteiger partial charge in [0.15, 0.2) is 6.10 Å². The van der Waals surface area contributed by atoms with Crippen LogP contribution in [-0.2, 0) is 9.59 Å². The van der Waals surface area contributed by atoms with Crippen molar-refractivity contribution in [2.24, 2.45) is 17.3 Å². The lowest BCUT2D eigenvalue weighted by Gasteiger charge is -2.28. The van der Waals surface area contributed by atoms with Gasteiger partial charge in [-0.15, -0.1) is 0 Å². The van der Waals surface area contributed by atoms with Crippen molar-refractivity contribution in [2.75, 3.05) is 0 Å². The minimum Gasteiger partial charge on any atom is -0.479 e. The summed E-state index contributed by atoms with van der Waals surface area (Å²) >= 11 is 0. The number of carbonyl (C=O) groups is 2. The number of aliphatic carboxylic acids is 1. The summed E-state index contributed by atoms with van der Waals surface area (Å²) in [5.74, 6) is -0.0165. The van der Waals surface area contributed by atoms with Crippen LogP contribution >= 0.6 is 0 Å². The van der Waals surface area contributed by atoms with Crippen molar-refractivity contribution in [3.05, 3.63) is 12.2 Å². The van der Waals surface area contributed by atoms with Crippen LogP contribution in [0.5, 0.6) is 0 Å². The molecule has 0 heterocycles. The third-order valence-corrected chi connectivity index (χ3v) is 5.87. The normalized spacial score (nSPS) is 22.2. The van der Waals surface area contributed by atoms with Crippen molar-refractivity contribution in [1.29, 1.82) is 0 Å². The predicted octanol–water partition coefficient (Wildman–Crippen LogP) is 5.14. The molecule has 0 spiro atoms. The molecule has 0 aliphatic heterocycles. The number of aliphatic hydroxyl groups excluding tert-OH is 1. The van der Waals surface area contributed by atoms with Gasteiger partial charge in [0.25, 0.3) is 0 Å². The number of hydrogen-bond donors (Lipinski definition) is 2. The molecule has 4 heteroatoms. The zero-order valence-corrected chi connectivity index (χ0v) is 16.9. The fourth-order valence-electron chi connectivity index (χ4n) is 4.04. The molecule has 0 aromatic carbocycles. The molecular weight excluding hydrogens is 328 g/mol. The second-order valence-electron chi connectivity index (χ2n) is 8.54. The monoisotopic (exact) mass is 366 g/mol. The van der Waals surface area contributed by atoms with E-state index in [0.29, 0.717) is 18.1 Å². The maximum atomic E-state index is 12.2. The van der Waals surface area contributed by atoms with Gasteiger partial charge in [0.05, 0.1) is 0 Å². The molecule has 1 aliphatic carbocycles. The number of unbranched alkanes of at least 4 members (excludes halogenated alkanes) is 3. The molecule has 0 bridgehead atoms. The third kappa shape index (κ3) is 7.61. The van der Waals surface area contributed by atoms with Gasteiger partial charge in [-0.25, -0.2) is 4.79 Å². The molecule has 3 atom stereocenters. The topological polar surface area (TPSA) is 74.6 Å². The van der Waals surface area contributed by atoms with Gasteiger partial charge in [-0.1, -0.05) is 52.2 Å². The molecule has 0 radical (unpaired) electrons. The SMILES string of the molecule is CCCC=CCCC[C@H]1CCC(=O)[C@@H]1CCCCC(C)(C)C(O)C(=O)O. The van der Waals surface area contributed by atoms with E-state index in [4.69, 9.17) is 5.11 Å². The van der Waals surface area contributed by atoms with Crippen LogP contribution in [0.1, 0.15) is 91.4 Å². The first kappa shape index (κ1) is 22.9. The van der Waals surface area contributed by atoms with Crippen molar-refractivity contribution in [3.63, 3.8) is 0 Å². The Labute approximate surface area is 159 Å². The van der Waals surface area contributed by atoms with Crippen LogP contribution < -0.4 is 0 Å². The number of ketones is 1. The zero-order valence-electron chi connectivity index (χ0n) is 16.9. The number of carboxylic acids is 1. The highest BCUT2D eigenvalue weighted by Gasteiger charge is 2.35. The van der Waals surface area contributed by atoms with Gasteiger partial charge in [-0.2, -0.15) is 0 Å². The first-order valence-electron chi connectivity index (χ1n) is 10.4. The first-order valence-corrected chi connectivity index (χ1v) is 10.4. The summed E-state index contributed by atoms with van der Waals surface area (Å²) in [6.45, 7) is 5.77. The van der Waals surface area contributed by atoms with E-state index < -0.39 is 17.5 Å². The molecule has 26 heavy (non-hydrogen) atoms. The summed E-state index contributed by atoms with van der Waals surface area (Å²) in [4.78, 5) is 23.2. The number of allylic oxidation sites excluding steroid dienone is 2. The largest absolute Gasteiger partial charge is 0.479 e. The lowest BCUT2D eigenvalue weighted by Crippen LogP contribution is -2.36. The smallest absolute Gasteiger partial charge is 0.333 e. The van der Waals surface area contributed by atoms with Crippen molar-refractivity contribution in [3.8, 4) is 0 Å². The molecule has 0 aromatic heterocycles. The van der Waals surface area contributed by atoms with Gasteiger partial charge in [-0.3, -0.25) is 4.79 Å². The first-order chi connectivity index (χ1) is 12.3. The van der Waals surface area contributed by atoms with Crippen LogP contribution in [-0.4, -0.2) is 28.1 Å². The molecule has 1 fully saturated rings. The Morgan fingerprint density at radius 1 is 1.19 bits per heavy atom. The molecule has 1 unspecified atom stereocenters. The summed E-state index contributed by atoms with van der Waals surface area (Å²) in [5, 5.41) is 18.7. The van der Waals surface area contributed by atoms with Gasteiger partial charge in [0, 0.05) is 17.8 Å². The molecule has 0 amide bonds. The minimum atomic E-state index is -1.33. The molecule has 1 rings (SSSR count). The van der Waals surface area contributed by atoms with Gasteiger partial charge in [0.1, 0.15) is 5.78 Å². The maximum Gasteiger partial charge on any atom is 0.333 e. The summed E-state index contributed by atoms with van der Waals surface area (Å²) in [7, 11) is 0. The van der Waals surface area contributed by atoms with Crippen molar-refractivity contribution < 1.29 is 19.8 Å². The fraction of sp³-hybridized carbons (Fsp3) is 0.818. The number of carboxylic acid groups (broad SMARTS) is 1. The Bertz CT molecular complexity index is 467. The highest BCUT2D eigenvalue weighted by molar-refractivity contribution is 5.83. The molecule has 2 N–H and O–H groups in total. The van der Waals surface area contributed by atoms with Crippen molar-refractivity contribution >= 4 is 11.8 Å². The Morgan fingerprint density at radius 2 is 1.88 bits per heavy atom. The summed E-state index contributed by atoms with van der Waals surface area (Å²) in [6.07, 6.45) is 14.1. The van der Waals surface area contributed by atoms with Crippen LogP contribution in [0.2, 0.25) is 0 Å². The van der Waals surface area contributed by atoms with Gasteiger partial charge < -0.3 is 10.2 Å². The van der Waals surface area contributed by atoms with Crippen molar-refractivity contribution in [1.82, 2.24) is 0 Å². The van der Waals surface area contributed by atoms with Crippen LogP contribution in [0, 0.1) is 17.3 Å². The Balaban J connectivity index is 2.32. The fourth-order valence-corrected chi connectivity index (χ4v) is 4.04. The number of Topliss-reactive ketones (excluding diaryl/α,β-unsaturated/α-hetero) is 1. The summed E-state index contributed by atoms with van der Waals surface area (Å²) in [5.41, 5.74) is -0.629. The Kier molecular flexibility index (Phi) is 10.1. The van der Waals surface area contributed by atoms with Crippen LogP contribution in [0.3, 0.4) is 0 Å². The van der Waals surface area contributed by atoms with Crippen LogP contribution in [0.4, 0.5) is 0 Å². The standard InChI is InChI=1S/C22H38O4/c1-4-5-6-7-8-9-12-17-14-15-19(23)18(17)13-10-11-16-22(2,3)20(24)21(25)26/h6-7,17-18,20,24H,4-5,8-16H2,1-3H3,(H,25,26)/t17-,18+,20?/m0/s1. The Morgan fingerprint density at radius 3 is 2.54 bits per heavy atom. The van der Waals surface area contributed by atoms with E-state index in [-0.39, 0.29) is 5.92 Å². The number of aliphatic hydroxyl groups is 1. The van der Waals surface area contributed by atoms with Gasteiger partial charge in [0.2, 0.25) is 0 Å². The van der Waals surface area contributed by atoms with Crippen LogP contribution in [0.15, 0.2) is 12.2 Å². The van der Waals surface area contributed by atoms with E-state index in [1.165, 1.54) is 6.42 Å². The summed E-state index contributed by atoms with van der Waals surface area (Å²) < 4.78 is 0. The van der Waals surface area contributed by atoms with E-state index in [1.807, 2.05) is 0 Å². The second-order valence-corrected chi connectivity index (χ2v) is 8.54. The number of carbonyl (C=O) groups excluding carboxylic acids is 1. The van der Waals surface area contributed by atoms with E-state index in [0.717, 1.165) is 57.8 Å². The lowest BCUT2D eigenvalue weighted by molar-refractivity contribution is -0.153. The molecule has 1 saturated carbocycles. The molecule has 0 saturated heterocycles. The highest BCUT2D eigenvalue weighted by Crippen LogP contribution is 2.37. The lowest BCUT2D eigenvalue weighted by atomic mass is 9.80. The number of rotatable bonds is 13.